The zero-order valence-electron chi connectivity index (χ0n) is 12.1. The molecule has 0 saturated carbocycles. The Kier molecular flexibility index (Phi) is 6.53. The molecule has 3 N–H and O–H groups in total. The lowest BCUT2D eigenvalue weighted by Crippen LogP contribution is -2.38. The highest BCUT2D eigenvalue weighted by Gasteiger charge is 2.10. The minimum atomic E-state index is -0.0711. The van der Waals surface area contributed by atoms with Crippen LogP contribution in [0.1, 0.15) is 31.4 Å². The van der Waals surface area contributed by atoms with Crippen molar-refractivity contribution >= 4 is 5.91 Å². The molecule has 2 unspecified atom stereocenters. The van der Waals surface area contributed by atoms with Crippen LogP contribution in [-0.4, -0.2) is 37.5 Å². The van der Waals surface area contributed by atoms with Crippen LogP contribution in [0.3, 0.4) is 0 Å². The van der Waals surface area contributed by atoms with Gasteiger partial charge in [-0.25, -0.2) is 0 Å². The summed E-state index contributed by atoms with van der Waals surface area (Å²) in [5.41, 5.74) is 7.14. The maximum absolute atomic E-state index is 11.7. The monoisotopic (exact) mass is 263 g/mol. The maximum atomic E-state index is 11.7. The number of nitrogens with one attached hydrogen (secondary N) is 1. The molecule has 0 radical (unpaired) electrons. The molecule has 2 atom stereocenters. The van der Waals surface area contributed by atoms with Gasteiger partial charge in [0.05, 0.1) is 0 Å². The van der Waals surface area contributed by atoms with Gasteiger partial charge in [0.15, 0.2) is 0 Å². The summed E-state index contributed by atoms with van der Waals surface area (Å²) in [6.45, 7) is 2.75. The molecule has 0 heterocycles. The lowest BCUT2D eigenvalue weighted by molar-refractivity contribution is -0.121. The normalized spacial score (nSPS) is 14.2. The van der Waals surface area contributed by atoms with E-state index in [4.69, 9.17) is 5.73 Å². The van der Waals surface area contributed by atoms with Gasteiger partial charge in [0, 0.05) is 25.0 Å². The van der Waals surface area contributed by atoms with Crippen LogP contribution >= 0.6 is 0 Å². The van der Waals surface area contributed by atoms with Crippen LogP contribution in [0, 0.1) is 0 Å². The fourth-order valence-corrected chi connectivity index (χ4v) is 1.69. The van der Waals surface area contributed by atoms with Crippen molar-refractivity contribution in [2.24, 2.45) is 5.73 Å². The van der Waals surface area contributed by atoms with Crippen molar-refractivity contribution in [3.8, 4) is 0 Å². The van der Waals surface area contributed by atoms with Gasteiger partial charge >= 0.3 is 0 Å². The molecule has 1 rings (SSSR count). The predicted octanol–water partition coefficient (Wildman–Crippen LogP) is 1.53. The van der Waals surface area contributed by atoms with Crippen LogP contribution < -0.4 is 11.1 Å². The summed E-state index contributed by atoms with van der Waals surface area (Å²) >= 11 is 0. The Labute approximate surface area is 116 Å². The summed E-state index contributed by atoms with van der Waals surface area (Å²) in [5.74, 6) is 0.0695. The number of nitrogens with zero attached hydrogens (tertiary/aromatic N) is 1. The van der Waals surface area contributed by atoms with E-state index in [9.17, 15) is 4.79 Å². The molecule has 19 heavy (non-hydrogen) atoms. The first kappa shape index (κ1) is 15.7. The van der Waals surface area contributed by atoms with E-state index in [2.05, 4.69) is 17.1 Å². The zero-order chi connectivity index (χ0) is 14.3. The van der Waals surface area contributed by atoms with Crippen molar-refractivity contribution in [2.75, 3.05) is 20.6 Å². The second-order valence-corrected chi connectivity index (χ2v) is 5.17. The van der Waals surface area contributed by atoms with Gasteiger partial charge in [-0.2, -0.15) is 0 Å². The number of nitrogens with two attached hydrogens (primary N) is 1. The number of carbonyl (C=O) groups excluding carboxylic acids is 1. The van der Waals surface area contributed by atoms with Gasteiger partial charge in [-0.1, -0.05) is 30.3 Å². The van der Waals surface area contributed by atoms with E-state index in [-0.39, 0.29) is 11.9 Å². The molecule has 4 nitrogen and oxygen atoms in total. The van der Waals surface area contributed by atoms with E-state index >= 15 is 0 Å². The number of hydrogen-bond donors (Lipinski definition) is 2. The van der Waals surface area contributed by atoms with Gasteiger partial charge in [-0.3, -0.25) is 4.79 Å². The third-order valence-electron chi connectivity index (χ3n) is 3.39. The Hall–Kier alpha value is -1.39. The molecule has 1 amide bonds. The smallest absolute Gasteiger partial charge is 0.220 e. The highest BCUT2D eigenvalue weighted by atomic mass is 16.1. The number of rotatable bonds is 7. The number of benzene rings is 1. The van der Waals surface area contributed by atoms with Gasteiger partial charge in [0.2, 0.25) is 5.91 Å². The summed E-state index contributed by atoms with van der Waals surface area (Å²) in [6, 6.07) is 10.2. The molecule has 0 aliphatic carbocycles. The molecule has 0 aliphatic heterocycles. The van der Waals surface area contributed by atoms with Crippen molar-refractivity contribution in [1.82, 2.24) is 10.2 Å². The van der Waals surface area contributed by atoms with E-state index in [0.717, 1.165) is 5.56 Å². The van der Waals surface area contributed by atoms with Crippen LogP contribution in [0.15, 0.2) is 30.3 Å². The van der Waals surface area contributed by atoms with Crippen LogP contribution in [0.2, 0.25) is 0 Å². The Morgan fingerprint density at radius 1 is 1.32 bits per heavy atom. The number of amides is 1. The summed E-state index contributed by atoms with van der Waals surface area (Å²) in [7, 11) is 4.00. The molecule has 1 aromatic carbocycles. The Bertz CT molecular complexity index is 378. The SMILES string of the molecule is CC(CNC(=O)CCC(N)c1ccccc1)N(C)C. The van der Waals surface area contributed by atoms with E-state index in [0.29, 0.717) is 25.4 Å². The summed E-state index contributed by atoms with van der Waals surface area (Å²) < 4.78 is 0. The van der Waals surface area contributed by atoms with Gasteiger partial charge in [-0.15, -0.1) is 0 Å². The maximum Gasteiger partial charge on any atom is 0.220 e. The molecule has 0 aliphatic rings. The summed E-state index contributed by atoms with van der Waals surface area (Å²) in [4.78, 5) is 13.8. The molecular weight excluding hydrogens is 238 g/mol. The molecular formula is C15H25N3O. The minimum Gasteiger partial charge on any atom is -0.355 e. The summed E-state index contributed by atoms with van der Waals surface area (Å²) in [6.07, 6.45) is 1.14. The zero-order valence-corrected chi connectivity index (χ0v) is 12.1. The standard InChI is InChI=1S/C15H25N3O/c1-12(18(2)3)11-17-15(19)10-9-14(16)13-7-5-4-6-8-13/h4-8,12,14H,9-11,16H2,1-3H3,(H,17,19). The second-order valence-electron chi connectivity index (χ2n) is 5.17. The van der Waals surface area contributed by atoms with Gasteiger partial charge in [-0.05, 0) is 33.0 Å². The van der Waals surface area contributed by atoms with Crippen LogP contribution in [0.5, 0.6) is 0 Å². The van der Waals surface area contributed by atoms with Crippen LogP contribution in [0.25, 0.3) is 0 Å². The molecule has 1 aromatic rings. The molecule has 0 spiro atoms. The number of hydrogen-bond acceptors (Lipinski definition) is 3. The fourth-order valence-electron chi connectivity index (χ4n) is 1.69. The third-order valence-corrected chi connectivity index (χ3v) is 3.39. The van der Waals surface area contributed by atoms with E-state index < -0.39 is 0 Å². The molecule has 0 bridgehead atoms. The van der Waals surface area contributed by atoms with Crippen molar-refractivity contribution < 1.29 is 4.79 Å². The molecule has 0 fully saturated rings. The molecule has 4 heteroatoms. The van der Waals surface area contributed by atoms with E-state index in [1.165, 1.54) is 0 Å². The minimum absolute atomic E-state index is 0.0695. The van der Waals surface area contributed by atoms with Crippen molar-refractivity contribution in [3.63, 3.8) is 0 Å². The summed E-state index contributed by atoms with van der Waals surface area (Å²) in [5, 5.41) is 2.93. The van der Waals surface area contributed by atoms with Crippen molar-refractivity contribution in [2.45, 2.75) is 31.8 Å². The van der Waals surface area contributed by atoms with Gasteiger partial charge in [0.25, 0.3) is 0 Å². The van der Waals surface area contributed by atoms with E-state index in [1.54, 1.807) is 0 Å². The average Bonchev–Trinajstić information content (AvgIpc) is 2.42. The lowest BCUT2D eigenvalue weighted by atomic mass is 10.0. The molecule has 0 saturated heterocycles. The topological polar surface area (TPSA) is 58.4 Å². The molecule has 0 aromatic heterocycles. The number of carbonyl (C=O) groups is 1. The van der Waals surface area contributed by atoms with E-state index in [1.807, 2.05) is 44.4 Å². The second kappa shape index (κ2) is 7.92. The lowest BCUT2D eigenvalue weighted by Gasteiger charge is -2.20. The quantitative estimate of drug-likeness (QED) is 0.784. The average molecular weight is 263 g/mol. The van der Waals surface area contributed by atoms with Gasteiger partial charge in [0.1, 0.15) is 0 Å². The van der Waals surface area contributed by atoms with Crippen LogP contribution in [0.4, 0.5) is 0 Å². The first-order chi connectivity index (χ1) is 9.00. The largest absolute Gasteiger partial charge is 0.355 e. The fraction of sp³-hybridized carbons (Fsp3) is 0.533. The Balaban J connectivity index is 2.27. The predicted molar refractivity (Wildman–Crippen MR) is 78.8 cm³/mol. The highest BCUT2D eigenvalue weighted by molar-refractivity contribution is 5.75. The molecule has 106 valence electrons. The first-order valence-corrected chi connectivity index (χ1v) is 6.74. The third kappa shape index (κ3) is 5.85. The Morgan fingerprint density at radius 2 is 1.95 bits per heavy atom. The highest BCUT2D eigenvalue weighted by Crippen LogP contribution is 2.14. The van der Waals surface area contributed by atoms with Gasteiger partial charge < -0.3 is 16.0 Å². The van der Waals surface area contributed by atoms with Crippen molar-refractivity contribution in [1.29, 1.82) is 0 Å². The van der Waals surface area contributed by atoms with Crippen LogP contribution in [-0.2, 0) is 4.79 Å². The van der Waals surface area contributed by atoms with Crippen molar-refractivity contribution in [3.05, 3.63) is 35.9 Å². The Morgan fingerprint density at radius 3 is 2.53 bits per heavy atom. The first-order valence-electron chi connectivity index (χ1n) is 6.74. The number of likely N-dealkylation sites (N-methyl/N-ethyl adjacent to an activating group) is 1.